The topological polar surface area (TPSA) is 129 Å². The summed E-state index contributed by atoms with van der Waals surface area (Å²) in [6.07, 6.45) is 0. The van der Waals surface area contributed by atoms with E-state index in [1.165, 1.54) is 19.2 Å². The van der Waals surface area contributed by atoms with Gasteiger partial charge in [-0.15, -0.1) is 0 Å². The number of amides is 1. The average molecular weight is 479 g/mol. The minimum atomic E-state index is -0.865. The van der Waals surface area contributed by atoms with Crippen molar-refractivity contribution in [2.75, 3.05) is 37.5 Å². The SMILES string of the molecule is COCCNc1ccc(C(=O)OCC(=O)Nc2ccccc2Oc2ccc(C)cc2)cc1[N+](=O)[O-]. The van der Waals surface area contributed by atoms with E-state index in [9.17, 15) is 19.7 Å². The Balaban J connectivity index is 1.61. The smallest absolute Gasteiger partial charge is 0.338 e. The van der Waals surface area contributed by atoms with Crippen LogP contribution in [0.4, 0.5) is 17.1 Å². The van der Waals surface area contributed by atoms with Gasteiger partial charge in [0.15, 0.2) is 12.4 Å². The molecule has 0 aliphatic rings. The van der Waals surface area contributed by atoms with Crippen molar-refractivity contribution >= 4 is 28.9 Å². The molecule has 0 radical (unpaired) electrons. The second-order valence-corrected chi connectivity index (χ2v) is 7.44. The molecule has 35 heavy (non-hydrogen) atoms. The fraction of sp³-hybridized carbons (Fsp3) is 0.200. The zero-order valence-corrected chi connectivity index (χ0v) is 19.3. The summed E-state index contributed by atoms with van der Waals surface area (Å²) in [7, 11) is 1.51. The number of nitro benzene ring substituents is 1. The van der Waals surface area contributed by atoms with Crippen molar-refractivity contribution in [2.24, 2.45) is 0 Å². The number of nitrogens with one attached hydrogen (secondary N) is 2. The second-order valence-electron chi connectivity index (χ2n) is 7.44. The fourth-order valence-corrected chi connectivity index (χ4v) is 3.04. The molecule has 182 valence electrons. The molecule has 0 bridgehead atoms. The van der Waals surface area contributed by atoms with Gasteiger partial charge in [0, 0.05) is 19.7 Å². The van der Waals surface area contributed by atoms with Crippen LogP contribution in [0.15, 0.2) is 66.7 Å². The summed E-state index contributed by atoms with van der Waals surface area (Å²) in [6, 6.07) is 18.2. The summed E-state index contributed by atoms with van der Waals surface area (Å²) in [5.74, 6) is -0.435. The first kappa shape index (κ1) is 25.2. The van der Waals surface area contributed by atoms with Gasteiger partial charge in [0.25, 0.3) is 11.6 Å². The number of para-hydroxylation sites is 2. The third kappa shape index (κ3) is 7.27. The lowest BCUT2D eigenvalue weighted by molar-refractivity contribution is -0.384. The van der Waals surface area contributed by atoms with Crippen LogP contribution in [0.1, 0.15) is 15.9 Å². The summed E-state index contributed by atoms with van der Waals surface area (Å²) in [5.41, 5.74) is 1.39. The Hall–Kier alpha value is -4.44. The number of esters is 1. The van der Waals surface area contributed by atoms with E-state index in [-0.39, 0.29) is 16.9 Å². The first-order chi connectivity index (χ1) is 16.9. The first-order valence-corrected chi connectivity index (χ1v) is 10.7. The van der Waals surface area contributed by atoms with Gasteiger partial charge in [-0.1, -0.05) is 29.8 Å². The van der Waals surface area contributed by atoms with Crippen molar-refractivity contribution in [1.29, 1.82) is 0 Å². The molecule has 0 unspecified atom stereocenters. The summed E-state index contributed by atoms with van der Waals surface area (Å²) >= 11 is 0. The lowest BCUT2D eigenvalue weighted by Gasteiger charge is -2.13. The van der Waals surface area contributed by atoms with Crippen LogP contribution in [0.3, 0.4) is 0 Å². The third-order valence-corrected chi connectivity index (χ3v) is 4.80. The van der Waals surface area contributed by atoms with Gasteiger partial charge in [0.2, 0.25) is 0 Å². The van der Waals surface area contributed by atoms with Gasteiger partial charge in [0.05, 0.1) is 22.8 Å². The fourth-order valence-electron chi connectivity index (χ4n) is 3.04. The Morgan fingerprint density at radius 1 is 1.00 bits per heavy atom. The molecule has 0 aliphatic heterocycles. The number of carbonyl (C=O) groups excluding carboxylic acids is 2. The normalized spacial score (nSPS) is 10.3. The zero-order chi connectivity index (χ0) is 25.2. The van der Waals surface area contributed by atoms with Crippen molar-refractivity contribution in [3.05, 3.63) is 88.0 Å². The summed E-state index contributed by atoms with van der Waals surface area (Å²) in [6.45, 7) is 2.09. The highest BCUT2D eigenvalue weighted by Crippen LogP contribution is 2.29. The van der Waals surface area contributed by atoms with E-state index in [0.29, 0.717) is 30.3 Å². The highest BCUT2D eigenvalue weighted by Gasteiger charge is 2.19. The summed E-state index contributed by atoms with van der Waals surface area (Å²) < 4.78 is 15.8. The van der Waals surface area contributed by atoms with Crippen LogP contribution in [-0.4, -0.2) is 43.7 Å². The summed E-state index contributed by atoms with van der Waals surface area (Å²) in [5, 5.41) is 16.9. The van der Waals surface area contributed by atoms with Gasteiger partial charge in [0.1, 0.15) is 11.4 Å². The van der Waals surface area contributed by atoms with Crippen molar-refractivity contribution in [3.8, 4) is 11.5 Å². The van der Waals surface area contributed by atoms with Gasteiger partial charge >= 0.3 is 5.97 Å². The number of rotatable bonds is 11. The number of hydrogen-bond donors (Lipinski definition) is 2. The van der Waals surface area contributed by atoms with Crippen LogP contribution in [0, 0.1) is 17.0 Å². The maximum Gasteiger partial charge on any atom is 0.338 e. The number of nitro groups is 1. The molecule has 0 heterocycles. The molecule has 3 aromatic carbocycles. The molecule has 3 rings (SSSR count). The van der Waals surface area contributed by atoms with E-state index in [1.54, 1.807) is 24.3 Å². The molecule has 0 saturated carbocycles. The third-order valence-electron chi connectivity index (χ3n) is 4.80. The van der Waals surface area contributed by atoms with E-state index in [4.69, 9.17) is 14.2 Å². The Morgan fingerprint density at radius 3 is 2.46 bits per heavy atom. The van der Waals surface area contributed by atoms with E-state index < -0.39 is 23.4 Å². The monoisotopic (exact) mass is 479 g/mol. The van der Waals surface area contributed by atoms with Gasteiger partial charge in [-0.2, -0.15) is 0 Å². The Labute approximate surface area is 202 Å². The number of methoxy groups -OCH3 is 1. The number of ether oxygens (including phenoxy) is 3. The number of benzene rings is 3. The van der Waals surface area contributed by atoms with Crippen LogP contribution in [0.5, 0.6) is 11.5 Å². The maximum atomic E-state index is 12.4. The van der Waals surface area contributed by atoms with Crippen LogP contribution < -0.4 is 15.4 Å². The van der Waals surface area contributed by atoms with Crippen LogP contribution in [0.2, 0.25) is 0 Å². The molecular formula is C25H25N3O7. The van der Waals surface area contributed by atoms with E-state index in [0.717, 1.165) is 11.6 Å². The largest absolute Gasteiger partial charge is 0.455 e. The lowest BCUT2D eigenvalue weighted by Crippen LogP contribution is -2.21. The Bertz CT molecular complexity index is 1200. The van der Waals surface area contributed by atoms with Gasteiger partial charge in [-0.3, -0.25) is 14.9 Å². The molecule has 10 heteroatoms. The predicted octanol–water partition coefficient (Wildman–Crippen LogP) is 4.55. The maximum absolute atomic E-state index is 12.4. The van der Waals surface area contributed by atoms with Crippen LogP contribution in [-0.2, 0) is 14.3 Å². The molecule has 0 aromatic heterocycles. The van der Waals surface area contributed by atoms with Crippen molar-refractivity contribution in [2.45, 2.75) is 6.92 Å². The molecule has 0 aliphatic carbocycles. The van der Waals surface area contributed by atoms with E-state index in [2.05, 4.69) is 10.6 Å². The molecule has 1 amide bonds. The lowest BCUT2D eigenvalue weighted by atomic mass is 10.1. The highest BCUT2D eigenvalue weighted by molar-refractivity contribution is 5.97. The first-order valence-electron chi connectivity index (χ1n) is 10.7. The number of nitrogens with zero attached hydrogens (tertiary/aromatic N) is 1. The van der Waals surface area contributed by atoms with E-state index in [1.807, 2.05) is 31.2 Å². The average Bonchev–Trinajstić information content (AvgIpc) is 2.85. The predicted molar refractivity (Wildman–Crippen MR) is 130 cm³/mol. The number of anilines is 2. The molecular weight excluding hydrogens is 454 g/mol. The van der Waals surface area contributed by atoms with Gasteiger partial charge < -0.3 is 24.8 Å². The van der Waals surface area contributed by atoms with Crippen molar-refractivity contribution < 1.29 is 28.7 Å². The van der Waals surface area contributed by atoms with E-state index >= 15 is 0 Å². The minimum Gasteiger partial charge on any atom is -0.455 e. The van der Waals surface area contributed by atoms with Gasteiger partial charge in [-0.25, -0.2) is 4.79 Å². The molecule has 3 aromatic rings. The highest BCUT2D eigenvalue weighted by atomic mass is 16.6. The molecule has 0 spiro atoms. The molecule has 10 nitrogen and oxygen atoms in total. The standard InChI is InChI=1S/C25H25N3O7/c1-17-7-10-19(11-8-17)35-23-6-4-3-5-21(23)27-24(29)16-34-25(30)18-9-12-20(26-13-14-33-2)22(15-18)28(31)32/h3-12,15,26H,13-14,16H2,1-2H3,(H,27,29). The van der Waals surface area contributed by atoms with Crippen LogP contribution in [0.25, 0.3) is 0 Å². The van der Waals surface area contributed by atoms with Crippen molar-refractivity contribution in [1.82, 2.24) is 0 Å². The molecule has 0 atom stereocenters. The van der Waals surface area contributed by atoms with Crippen molar-refractivity contribution in [3.63, 3.8) is 0 Å². The molecule has 2 N–H and O–H groups in total. The number of hydrogen-bond acceptors (Lipinski definition) is 8. The molecule has 0 saturated heterocycles. The Morgan fingerprint density at radius 2 is 1.74 bits per heavy atom. The zero-order valence-electron chi connectivity index (χ0n) is 19.3. The summed E-state index contributed by atoms with van der Waals surface area (Å²) in [4.78, 5) is 35.6. The molecule has 0 fully saturated rings. The van der Waals surface area contributed by atoms with Gasteiger partial charge in [-0.05, 0) is 43.3 Å². The van der Waals surface area contributed by atoms with Crippen LogP contribution >= 0.6 is 0 Å². The quantitative estimate of drug-likeness (QED) is 0.177. The number of carbonyl (C=O) groups is 2. The number of aryl methyl sites for hydroxylation is 1. The Kier molecular flexibility index (Phi) is 8.74. The second kappa shape index (κ2) is 12.1. The minimum absolute atomic E-state index is 0.0510.